The molecule has 1 heterocycles. The number of imide groups is 1. The lowest BCUT2D eigenvalue weighted by Crippen LogP contribution is -2.46. The molecule has 0 aliphatic rings. The van der Waals surface area contributed by atoms with Gasteiger partial charge in [-0.3, -0.25) is 19.7 Å². The third-order valence-corrected chi connectivity index (χ3v) is 2.51. The zero-order valence-electron chi connectivity index (χ0n) is 12.1. The van der Waals surface area contributed by atoms with Crippen molar-refractivity contribution >= 4 is 23.8 Å². The molecule has 0 aliphatic heterocycles. The van der Waals surface area contributed by atoms with E-state index in [0.717, 1.165) is 0 Å². The Kier molecular flexibility index (Phi) is 6.11. The van der Waals surface area contributed by atoms with Crippen molar-refractivity contribution < 1.29 is 28.3 Å². The monoisotopic (exact) mass is 311 g/mol. The number of hydrogen-bond acceptors (Lipinski definition) is 6. The Labute approximate surface area is 126 Å². The summed E-state index contributed by atoms with van der Waals surface area (Å²) >= 11 is 0. The van der Waals surface area contributed by atoms with Crippen LogP contribution in [0.3, 0.4) is 0 Å². The van der Waals surface area contributed by atoms with Crippen molar-refractivity contribution in [2.24, 2.45) is 11.7 Å². The molecule has 0 bridgehead atoms. The predicted molar refractivity (Wildman–Crippen MR) is 73.5 cm³/mol. The van der Waals surface area contributed by atoms with Gasteiger partial charge in [-0.15, -0.1) is 0 Å². The Morgan fingerprint density at radius 2 is 2.00 bits per heavy atom. The average molecular weight is 311 g/mol. The minimum atomic E-state index is -1.19. The number of nitrogens with two attached hydrogens (primary N) is 1. The quantitative estimate of drug-likeness (QED) is 0.620. The Morgan fingerprint density at radius 3 is 2.50 bits per heavy atom. The Hall–Kier alpha value is -2.84. The van der Waals surface area contributed by atoms with E-state index >= 15 is 0 Å². The molecule has 9 heteroatoms. The molecule has 4 N–H and O–H groups in total. The average Bonchev–Trinajstić information content (AvgIpc) is 2.94. The van der Waals surface area contributed by atoms with Crippen LogP contribution < -0.4 is 16.4 Å². The summed E-state index contributed by atoms with van der Waals surface area (Å²) in [5.74, 6) is -2.60. The number of nitrogens with one attached hydrogen (secondary N) is 2. The summed E-state index contributed by atoms with van der Waals surface area (Å²) in [5, 5.41) is 4.12. The first-order valence-corrected chi connectivity index (χ1v) is 6.42. The number of ether oxygens (including phenoxy) is 1. The number of carbonyl (C=O) groups is 4. The Balaban J connectivity index is 2.51. The summed E-state index contributed by atoms with van der Waals surface area (Å²) in [6.07, 6.45) is 0.122. The molecule has 1 rings (SSSR count). The second-order valence-electron chi connectivity index (χ2n) is 4.67. The van der Waals surface area contributed by atoms with Crippen LogP contribution in [0, 0.1) is 5.92 Å². The van der Waals surface area contributed by atoms with Crippen molar-refractivity contribution in [3.05, 3.63) is 24.2 Å². The van der Waals surface area contributed by atoms with Gasteiger partial charge in [0, 0.05) is 0 Å². The third-order valence-electron chi connectivity index (χ3n) is 2.51. The van der Waals surface area contributed by atoms with Crippen LogP contribution in [0.4, 0.5) is 4.79 Å². The largest absolute Gasteiger partial charge is 0.459 e. The van der Waals surface area contributed by atoms with Crippen molar-refractivity contribution in [3.8, 4) is 0 Å². The van der Waals surface area contributed by atoms with Crippen LogP contribution in [0.25, 0.3) is 0 Å². The van der Waals surface area contributed by atoms with Crippen molar-refractivity contribution in [3.63, 3.8) is 0 Å². The molecule has 1 atom stereocenters. The van der Waals surface area contributed by atoms with Crippen LogP contribution in [-0.4, -0.2) is 36.5 Å². The van der Waals surface area contributed by atoms with Crippen LogP contribution in [0.2, 0.25) is 0 Å². The van der Waals surface area contributed by atoms with Gasteiger partial charge in [-0.05, 0) is 18.1 Å². The lowest BCUT2D eigenvalue weighted by molar-refractivity contribution is -0.157. The SMILES string of the molecule is CC(C)[C@H](OC(=O)CNC(=O)c1ccco1)C(=O)NC(N)=O. The molecule has 0 radical (unpaired) electrons. The molecular weight excluding hydrogens is 294 g/mol. The molecule has 0 unspecified atom stereocenters. The number of hydrogen-bond donors (Lipinski definition) is 3. The van der Waals surface area contributed by atoms with Gasteiger partial charge in [0.25, 0.3) is 11.8 Å². The van der Waals surface area contributed by atoms with Gasteiger partial charge >= 0.3 is 12.0 Å². The summed E-state index contributed by atoms with van der Waals surface area (Å²) in [7, 11) is 0. The highest BCUT2D eigenvalue weighted by Gasteiger charge is 2.27. The van der Waals surface area contributed by atoms with Gasteiger partial charge in [0.05, 0.1) is 6.26 Å². The Morgan fingerprint density at radius 1 is 1.32 bits per heavy atom. The van der Waals surface area contributed by atoms with Gasteiger partial charge in [0.15, 0.2) is 11.9 Å². The van der Waals surface area contributed by atoms with Gasteiger partial charge < -0.3 is 20.2 Å². The second kappa shape index (κ2) is 7.81. The molecular formula is C13H17N3O6. The molecule has 0 aromatic carbocycles. The van der Waals surface area contributed by atoms with E-state index in [1.54, 1.807) is 13.8 Å². The molecule has 9 nitrogen and oxygen atoms in total. The van der Waals surface area contributed by atoms with Crippen LogP contribution in [0.1, 0.15) is 24.4 Å². The molecule has 0 saturated carbocycles. The number of furan rings is 1. The third kappa shape index (κ3) is 5.27. The van der Waals surface area contributed by atoms with Crippen molar-refractivity contribution in [2.75, 3.05) is 6.54 Å². The number of urea groups is 1. The number of primary amides is 1. The predicted octanol–water partition coefficient (Wildman–Crippen LogP) is -0.228. The van der Waals surface area contributed by atoms with E-state index in [-0.39, 0.29) is 11.7 Å². The van der Waals surface area contributed by atoms with Crippen molar-refractivity contribution in [2.45, 2.75) is 20.0 Å². The number of carbonyl (C=O) groups excluding carboxylic acids is 4. The summed E-state index contributed by atoms with van der Waals surface area (Å²) in [6, 6.07) is 1.91. The number of esters is 1. The minimum Gasteiger partial charge on any atom is -0.459 e. The maximum Gasteiger partial charge on any atom is 0.326 e. The molecule has 4 amide bonds. The highest BCUT2D eigenvalue weighted by Crippen LogP contribution is 2.07. The topological polar surface area (TPSA) is 141 Å². The Bertz CT molecular complexity index is 552. The van der Waals surface area contributed by atoms with Gasteiger partial charge in [-0.1, -0.05) is 13.8 Å². The minimum absolute atomic E-state index is 0.0414. The van der Waals surface area contributed by atoms with Gasteiger partial charge in [-0.2, -0.15) is 0 Å². The van der Waals surface area contributed by atoms with E-state index in [4.69, 9.17) is 14.9 Å². The normalized spacial score (nSPS) is 11.6. The van der Waals surface area contributed by atoms with E-state index < -0.39 is 36.5 Å². The van der Waals surface area contributed by atoms with E-state index in [1.807, 2.05) is 5.32 Å². The maximum atomic E-state index is 11.7. The molecule has 0 saturated heterocycles. The van der Waals surface area contributed by atoms with Crippen molar-refractivity contribution in [1.82, 2.24) is 10.6 Å². The van der Waals surface area contributed by atoms with E-state index in [2.05, 4.69) is 5.32 Å². The number of amides is 4. The zero-order valence-corrected chi connectivity index (χ0v) is 12.1. The van der Waals surface area contributed by atoms with Gasteiger partial charge in [0.2, 0.25) is 0 Å². The van der Waals surface area contributed by atoms with Crippen LogP contribution in [0.5, 0.6) is 0 Å². The fourth-order valence-electron chi connectivity index (χ4n) is 1.52. The summed E-state index contributed by atoms with van der Waals surface area (Å²) in [4.78, 5) is 45.5. The van der Waals surface area contributed by atoms with Crippen LogP contribution >= 0.6 is 0 Å². The highest BCUT2D eigenvalue weighted by molar-refractivity contribution is 5.97. The van der Waals surface area contributed by atoms with E-state index in [0.29, 0.717) is 0 Å². The molecule has 0 fully saturated rings. The van der Waals surface area contributed by atoms with E-state index in [1.165, 1.54) is 18.4 Å². The molecule has 22 heavy (non-hydrogen) atoms. The lowest BCUT2D eigenvalue weighted by Gasteiger charge is -2.19. The standard InChI is InChI=1S/C13H17N3O6/c1-7(2)10(12(19)16-13(14)20)22-9(17)6-15-11(18)8-4-3-5-21-8/h3-5,7,10H,6H2,1-2H3,(H,15,18)(H3,14,16,19,20)/t10-/m0/s1. The molecule has 0 aliphatic carbocycles. The van der Waals surface area contributed by atoms with Gasteiger partial charge in [0.1, 0.15) is 6.54 Å². The van der Waals surface area contributed by atoms with Crippen LogP contribution in [-0.2, 0) is 14.3 Å². The maximum absolute atomic E-state index is 11.7. The molecule has 1 aromatic rings. The smallest absolute Gasteiger partial charge is 0.326 e. The highest BCUT2D eigenvalue weighted by atomic mass is 16.5. The number of rotatable bonds is 6. The fourth-order valence-corrected chi connectivity index (χ4v) is 1.52. The van der Waals surface area contributed by atoms with Gasteiger partial charge in [-0.25, -0.2) is 4.79 Å². The van der Waals surface area contributed by atoms with E-state index in [9.17, 15) is 19.2 Å². The summed E-state index contributed by atoms with van der Waals surface area (Å²) < 4.78 is 9.79. The molecule has 0 spiro atoms. The first kappa shape index (κ1) is 17.2. The fraction of sp³-hybridized carbons (Fsp3) is 0.385. The summed E-state index contributed by atoms with van der Waals surface area (Å²) in [5.41, 5.74) is 4.84. The zero-order chi connectivity index (χ0) is 16.7. The lowest BCUT2D eigenvalue weighted by atomic mass is 10.1. The van der Waals surface area contributed by atoms with Crippen molar-refractivity contribution in [1.29, 1.82) is 0 Å². The first-order chi connectivity index (χ1) is 10.3. The molecule has 120 valence electrons. The second-order valence-corrected chi connectivity index (χ2v) is 4.67. The summed E-state index contributed by atoms with van der Waals surface area (Å²) in [6.45, 7) is 2.80. The first-order valence-electron chi connectivity index (χ1n) is 6.42. The molecule has 1 aromatic heterocycles. The van der Waals surface area contributed by atoms with Crippen LogP contribution in [0.15, 0.2) is 22.8 Å².